The van der Waals surface area contributed by atoms with E-state index in [1.807, 2.05) is 0 Å². The average molecular weight is 241 g/mol. The highest BCUT2D eigenvalue weighted by atomic mass is 19.3. The molecule has 0 saturated carbocycles. The fourth-order valence-electron chi connectivity index (χ4n) is 1.00. The van der Waals surface area contributed by atoms with Crippen LogP contribution in [0.25, 0.3) is 0 Å². The molecule has 0 saturated heterocycles. The molecule has 0 aliphatic rings. The number of rotatable bonds is 5. The Morgan fingerprint density at radius 2 is 2.41 bits per heavy atom. The Hall–Kier alpha value is -2.05. The minimum absolute atomic E-state index is 0.0521. The van der Waals surface area contributed by atoms with E-state index in [-0.39, 0.29) is 24.0 Å². The van der Waals surface area contributed by atoms with Gasteiger partial charge in [-0.15, -0.1) is 6.58 Å². The summed E-state index contributed by atoms with van der Waals surface area (Å²) in [5.74, 6) is 0.391. The Kier molecular flexibility index (Phi) is 4.99. The van der Waals surface area contributed by atoms with Crippen LogP contribution in [0.1, 0.15) is 17.9 Å². The molecule has 0 aliphatic heterocycles. The molecule has 0 bridgehead atoms. The summed E-state index contributed by atoms with van der Waals surface area (Å²) in [5.41, 5.74) is 5.18. The van der Waals surface area contributed by atoms with Crippen LogP contribution in [0.2, 0.25) is 0 Å². The van der Waals surface area contributed by atoms with E-state index in [4.69, 9.17) is 5.73 Å². The zero-order chi connectivity index (χ0) is 12.7. The zero-order valence-electron chi connectivity index (χ0n) is 9.11. The van der Waals surface area contributed by atoms with Gasteiger partial charge in [-0.25, -0.2) is 23.7 Å². The number of nitrogens with zero attached hydrogens (tertiary/aromatic N) is 3. The maximum atomic E-state index is 12.3. The van der Waals surface area contributed by atoms with Gasteiger partial charge in [0.05, 0.1) is 0 Å². The van der Waals surface area contributed by atoms with Crippen molar-refractivity contribution in [2.75, 3.05) is 6.54 Å². The van der Waals surface area contributed by atoms with Crippen LogP contribution in [0.15, 0.2) is 29.9 Å². The number of aromatic nitrogens is 2. The first kappa shape index (κ1) is 13.0. The molecule has 0 atom stereocenters. The van der Waals surface area contributed by atoms with E-state index < -0.39 is 6.43 Å². The normalized spacial score (nSPS) is 11.6. The maximum absolute atomic E-state index is 12.3. The lowest BCUT2D eigenvalue weighted by Gasteiger charge is -2.03. The summed E-state index contributed by atoms with van der Waals surface area (Å²) in [6, 6.07) is 1.16. The van der Waals surface area contributed by atoms with Crippen LogP contribution in [0.5, 0.6) is 0 Å². The molecular formula is C10H13F2N5. The van der Waals surface area contributed by atoms with Gasteiger partial charge >= 0.3 is 0 Å². The van der Waals surface area contributed by atoms with Crippen LogP contribution in [-0.4, -0.2) is 22.5 Å². The van der Waals surface area contributed by atoms with E-state index in [0.717, 1.165) is 6.07 Å². The Balaban J connectivity index is 2.62. The van der Waals surface area contributed by atoms with Gasteiger partial charge in [0.15, 0.2) is 5.96 Å². The van der Waals surface area contributed by atoms with Crippen molar-refractivity contribution in [2.45, 2.75) is 13.0 Å². The third-order valence-electron chi connectivity index (χ3n) is 1.77. The zero-order valence-corrected chi connectivity index (χ0v) is 9.11. The first-order valence-corrected chi connectivity index (χ1v) is 4.88. The summed E-state index contributed by atoms with van der Waals surface area (Å²) in [7, 11) is 0. The minimum Gasteiger partial charge on any atom is -0.370 e. The summed E-state index contributed by atoms with van der Waals surface area (Å²) in [6.45, 7) is 4.03. The molecule has 3 N–H and O–H groups in total. The molecule has 7 heteroatoms. The molecule has 0 unspecified atom stereocenters. The van der Waals surface area contributed by atoms with Crippen molar-refractivity contribution in [3.63, 3.8) is 0 Å². The Morgan fingerprint density at radius 3 is 3.06 bits per heavy atom. The molecule has 0 radical (unpaired) electrons. The molecule has 1 heterocycles. The van der Waals surface area contributed by atoms with Gasteiger partial charge in [-0.3, -0.25) is 0 Å². The highest BCUT2D eigenvalue weighted by Crippen LogP contribution is 2.15. The van der Waals surface area contributed by atoms with Gasteiger partial charge in [0.2, 0.25) is 0 Å². The van der Waals surface area contributed by atoms with Crippen LogP contribution in [0.3, 0.4) is 0 Å². The molecule has 0 spiro atoms. The van der Waals surface area contributed by atoms with Crippen molar-refractivity contribution < 1.29 is 8.78 Å². The van der Waals surface area contributed by atoms with Crippen LogP contribution < -0.4 is 11.1 Å². The Bertz CT molecular complexity index is 405. The predicted octanol–water partition coefficient (Wildman–Crippen LogP) is 1.00. The largest absolute Gasteiger partial charge is 0.370 e. The number of nitrogens with one attached hydrogen (secondary N) is 1. The van der Waals surface area contributed by atoms with Crippen molar-refractivity contribution in [3.8, 4) is 0 Å². The smallest absolute Gasteiger partial charge is 0.280 e. The Morgan fingerprint density at radius 1 is 1.65 bits per heavy atom. The fourth-order valence-corrected chi connectivity index (χ4v) is 1.00. The predicted molar refractivity (Wildman–Crippen MR) is 60.5 cm³/mol. The van der Waals surface area contributed by atoms with Crippen molar-refractivity contribution in [3.05, 3.63) is 36.4 Å². The molecule has 17 heavy (non-hydrogen) atoms. The third kappa shape index (κ3) is 4.54. The fraction of sp³-hybridized carbons (Fsp3) is 0.300. The summed E-state index contributed by atoms with van der Waals surface area (Å²) in [6.07, 6.45) is 0.278. The summed E-state index contributed by atoms with van der Waals surface area (Å²) in [5, 5.41) is 2.75. The second kappa shape index (κ2) is 6.51. The number of aliphatic imine (C=N–C) groups is 1. The van der Waals surface area contributed by atoms with E-state index >= 15 is 0 Å². The van der Waals surface area contributed by atoms with E-state index in [0.29, 0.717) is 6.54 Å². The lowest BCUT2D eigenvalue weighted by molar-refractivity contribution is 0.145. The van der Waals surface area contributed by atoms with E-state index in [9.17, 15) is 8.78 Å². The van der Waals surface area contributed by atoms with Gasteiger partial charge in [-0.2, -0.15) is 0 Å². The van der Waals surface area contributed by atoms with Gasteiger partial charge in [0.25, 0.3) is 6.43 Å². The highest BCUT2D eigenvalue weighted by Gasteiger charge is 2.09. The van der Waals surface area contributed by atoms with E-state index in [2.05, 4.69) is 26.9 Å². The van der Waals surface area contributed by atoms with Gasteiger partial charge in [-0.05, 0) is 6.07 Å². The number of hydrogen-bond acceptors (Lipinski definition) is 3. The second-order valence-corrected chi connectivity index (χ2v) is 3.07. The average Bonchev–Trinajstić information content (AvgIpc) is 2.34. The first-order valence-electron chi connectivity index (χ1n) is 4.88. The molecule has 5 nitrogen and oxygen atoms in total. The lowest BCUT2D eigenvalue weighted by atomic mass is 10.4. The van der Waals surface area contributed by atoms with Crippen molar-refractivity contribution in [2.24, 2.45) is 10.7 Å². The SMILES string of the molecule is C=CCNC(N)=NCc1nccc(C(F)F)n1. The maximum Gasteiger partial charge on any atom is 0.280 e. The van der Waals surface area contributed by atoms with Crippen molar-refractivity contribution in [1.29, 1.82) is 0 Å². The molecular weight excluding hydrogens is 228 g/mol. The van der Waals surface area contributed by atoms with Crippen molar-refractivity contribution in [1.82, 2.24) is 15.3 Å². The topological polar surface area (TPSA) is 76.2 Å². The van der Waals surface area contributed by atoms with Crippen LogP contribution in [0, 0.1) is 0 Å². The van der Waals surface area contributed by atoms with E-state index in [1.54, 1.807) is 6.08 Å². The molecule has 1 aromatic rings. The standard InChI is InChI=1S/C10H13F2N5/c1-2-4-15-10(13)16-6-8-14-5-3-7(17-8)9(11)12/h2-3,5,9H,1,4,6H2,(H3,13,15,16). The second-order valence-electron chi connectivity index (χ2n) is 3.07. The van der Waals surface area contributed by atoms with Crippen LogP contribution in [0.4, 0.5) is 8.78 Å². The summed E-state index contributed by atoms with van der Waals surface area (Å²) < 4.78 is 24.7. The number of halogens is 2. The number of alkyl halides is 2. The van der Waals surface area contributed by atoms with Gasteiger partial charge < -0.3 is 11.1 Å². The van der Waals surface area contributed by atoms with Crippen molar-refractivity contribution >= 4 is 5.96 Å². The van der Waals surface area contributed by atoms with Crippen LogP contribution in [-0.2, 0) is 6.54 Å². The molecule has 0 aliphatic carbocycles. The number of nitrogens with two attached hydrogens (primary N) is 1. The number of guanidine groups is 1. The van der Waals surface area contributed by atoms with E-state index in [1.165, 1.54) is 6.20 Å². The molecule has 92 valence electrons. The first-order chi connectivity index (χ1) is 8.13. The molecule has 0 aromatic carbocycles. The monoisotopic (exact) mass is 241 g/mol. The third-order valence-corrected chi connectivity index (χ3v) is 1.77. The molecule has 0 fully saturated rings. The quantitative estimate of drug-likeness (QED) is 0.458. The molecule has 1 aromatic heterocycles. The van der Waals surface area contributed by atoms with Gasteiger partial charge in [-0.1, -0.05) is 6.08 Å². The summed E-state index contributed by atoms with van der Waals surface area (Å²) in [4.78, 5) is 11.4. The Labute approximate surface area is 97.5 Å². The summed E-state index contributed by atoms with van der Waals surface area (Å²) >= 11 is 0. The minimum atomic E-state index is -2.61. The molecule has 1 rings (SSSR count). The molecule has 0 amide bonds. The highest BCUT2D eigenvalue weighted by molar-refractivity contribution is 5.77. The lowest BCUT2D eigenvalue weighted by Crippen LogP contribution is -2.31. The number of hydrogen-bond donors (Lipinski definition) is 2. The van der Waals surface area contributed by atoms with Crippen LogP contribution >= 0.6 is 0 Å². The van der Waals surface area contributed by atoms with Gasteiger partial charge in [0, 0.05) is 12.7 Å². The van der Waals surface area contributed by atoms with Gasteiger partial charge in [0.1, 0.15) is 18.1 Å².